The van der Waals surface area contributed by atoms with E-state index in [0.29, 0.717) is 4.47 Å². The number of aromatic hydroxyl groups is 1. The van der Waals surface area contributed by atoms with Gasteiger partial charge in [-0.25, -0.2) is 8.78 Å². The maximum absolute atomic E-state index is 12.3. The van der Waals surface area contributed by atoms with Crippen LogP contribution < -0.4 is 5.73 Å². The van der Waals surface area contributed by atoms with E-state index in [1.807, 2.05) is 0 Å². The lowest BCUT2D eigenvalue weighted by Gasteiger charge is -2.13. The molecule has 0 spiro atoms. The molecule has 0 fully saturated rings. The van der Waals surface area contributed by atoms with Gasteiger partial charge in [0.05, 0.1) is 11.1 Å². The van der Waals surface area contributed by atoms with Crippen molar-refractivity contribution in [1.29, 1.82) is 0 Å². The average molecular weight is 323 g/mol. The Morgan fingerprint density at radius 3 is 2.40 bits per heavy atom. The molecule has 0 saturated carbocycles. The number of hydrogen-bond donors (Lipinski definition) is 2. The maximum Gasteiger partial charge on any atom is 0.257 e. The molecule has 2 nitrogen and oxygen atoms in total. The van der Waals surface area contributed by atoms with Gasteiger partial charge in [-0.3, -0.25) is 0 Å². The zero-order valence-electron chi connectivity index (χ0n) is 7.25. The van der Waals surface area contributed by atoms with Gasteiger partial charge in [-0.2, -0.15) is 0 Å². The van der Waals surface area contributed by atoms with Crippen molar-refractivity contribution in [1.82, 2.24) is 0 Å². The van der Waals surface area contributed by atoms with Crippen LogP contribution in [0.3, 0.4) is 0 Å². The maximum atomic E-state index is 12.3. The molecule has 0 aliphatic carbocycles. The van der Waals surface area contributed by atoms with Crippen molar-refractivity contribution >= 4 is 39.9 Å². The number of rotatable bonds is 2. The van der Waals surface area contributed by atoms with Gasteiger partial charge in [0, 0.05) is 10.0 Å². The monoisotopic (exact) mass is 321 g/mol. The molecule has 0 amide bonds. The molecule has 0 aliphatic heterocycles. The smallest absolute Gasteiger partial charge is 0.257 e. The first kappa shape index (κ1) is 14.9. The minimum absolute atomic E-state index is 0. The zero-order chi connectivity index (χ0) is 10.9. The Morgan fingerprint density at radius 2 is 1.93 bits per heavy atom. The minimum Gasteiger partial charge on any atom is -0.506 e. The number of halogens is 5. The highest BCUT2D eigenvalue weighted by Crippen LogP contribution is 2.35. The van der Waals surface area contributed by atoms with Gasteiger partial charge in [0.15, 0.2) is 0 Å². The van der Waals surface area contributed by atoms with Gasteiger partial charge in [-0.15, -0.1) is 12.4 Å². The van der Waals surface area contributed by atoms with Gasteiger partial charge in [-0.05, 0) is 12.1 Å². The molecule has 86 valence electrons. The fourth-order valence-corrected chi connectivity index (χ4v) is 1.81. The van der Waals surface area contributed by atoms with Crippen LogP contribution in [0.15, 0.2) is 16.6 Å². The largest absolute Gasteiger partial charge is 0.506 e. The predicted molar refractivity (Wildman–Crippen MR) is 61.0 cm³/mol. The van der Waals surface area contributed by atoms with E-state index in [1.54, 1.807) is 0 Å². The van der Waals surface area contributed by atoms with Crippen molar-refractivity contribution in [3.8, 4) is 5.75 Å². The molecule has 0 unspecified atom stereocenters. The summed E-state index contributed by atoms with van der Waals surface area (Å²) >= 11 is 8.66. The molecular weight excluding hydrogens is 315 g/mol. The quantitative estimate of drug-likeness (QED) is 0.875. The molecular formula is C8H8BrCl2F2NO. The number of benzene rings is 1. The minimum atomic E-state index is -2.74. The fourth-order valence-electron chi connectivity index (χ4n) is 0.976. The molecule has 0 bridgehead atoms. The van der Waals surface area contributed by atoms with Crippen molar-refractivity contribution in [3.05, 3.63) is 27.2 Å². The molecule has 0 aliphatic rings. The first-order valence-electron chi connectivity index (χ1n) is 3.65. The molecule has 7 heteroatoms. The number of alkyl halides is 2. The molecule has 1 rings (SSSR count). The Kier molecular flexibility index (Phi) is 5.80. The van der Waals surface area contributed by atoms with Crippen LogP contribution >= 0.6 is 39.9 Å². The van der Waals surface area contributed by atoms with Crippen LogP contribution in [0.1, 0.15) is 11.6 Å². The van der Waals surface area contributed by atoms with Crippen LogP contribution in [-0.2, 0) is 0 Å². The molecule has 0 saturated heterocycles. The van der Waals surface area contributed by atoms with Crippen molar-refractivity contribution in [2.75, 3.05) is 0 Å². The molecule has 1 aromatic carbocycles. The van der Waals surface area contributed by atoms with Crippen molar-refractivity contribution < 1.29 is 13.9 Å². The molecule has 1 aromatic rings. The molecule has 3 N–H and O–H groups in total. The normalized spacial score (nSPS) is 12.4. The first-order valence-corrected chi connectivity index (χ1v) is 4.82. The Morgan fingerprint density at radius 1 is 1.40 bits per heavy atom. The van der Waals surface area contributed by atoms with Gasteiger partial charge < -0.3 is 10.8 Å². The molecule has 15 heavy (non-hydrogen) atoms. The Labute approximate surface area is 105 Å². The summed E-state index contributed by atoms with van der Waals surface area (Å²) in [5.41, 5.74) is 5.12. The predicted octanol–water partition coefficient (Wildman–Crippen LogP) is 3.49. The Hall–Kier alpha value is -0.100. The van der Waals surface area contributed by atoms with Crippen LogP contribution in [-0.4, -0.2) is 11.5 Å². The van der Waals surface area contributed by atoms with E-state index in [-0.39, 0.29) is 23.0 Å². The van der Waals surface area contributed by atoms with E-state index in [0.717, 1.165) is 0 Å². The van der Waals surface area contributed by atoms with Gasteiger partial charge >= 0.3 is 0 Å². The summed E-state index contributed by atoms with van der Waals surface area (Å²) in [5.74, 6) is -0.400. The second kappa shape index (κ2) is 5.84. The van der Waals surface area contributed by atoms with Crippen molar-refractivity contribution in [2.24, 2.45) is 5.73 Å². The number of nitrogens with two attached hydrogens (primary N) is 1. The summed E-state index contributed by atoms with van der Waals surface area (Å²) in [5, 5.41) is 9.37. The molecule has 1 atom stereocenters. The third-order valence-electron chi connectivity index (χ3n) is 1.69. The average Bonchev–Trinajstić information content (AvgIpc) is 2.09. The highest BCUT2D eigenvalue weighted by molar-refractivity contribution is 9.10. The summed E-state index contributed by atoms with van der Waals surface area (Å²) < 4.78 is 25.0. The third-order valence-corrected chi connectivity index (χ3v) is 2.43. The Balaban J connectivity index is 0.00000196. The lowest BCUT2D eigenvalue weighted by molar-refractivity contribution is 0.115. The van der Waals surface area contributed by atoms with Crippen molar-refractivity contribution in [3.63, 3.8) is 0 Å². The molecule has 0 radical (unpaired) electrons. The SMILES string of the molecule is Cl.N[C@H](c1cc(Br)cc(Cl)c1O)C(F)F. The van der Waals surface area contributed by atoms with Gasteiger partial charge in [0.25, 0.3) is 6.43 Å². The fraction of sp³-hybridized carbons (Fsp3) is 0.250. The summed E-state index contributed by atoms with van der Waals surface area (Å²) in [6, 6.07) is 1.18. The highest BCUT2D eigenvalue weighted by Gasteiger charge is 2.22. The van der Waals surface area contributed by atoms with Gasteiger partial charge in [0.2, 0.25) is 0 Å². The summed E-state index contributed by atoms with van der Waals surface area (Å²) in [4.78, 5) is 0. The van der Waals surface area contributed by atoms with Crippen molar-refractivity contribution in [2.45, 2.75) is 12.5 Å². The van der Waals surface area contributed by atoms with E-state index < -0.39 is 18.2 Å². The lowest BCUT2D eigenvalue weighted by Crippen LogP contribution is -2.19. The second-order valence-electron chi connectivity index (χ2n) is 2.69. The van der Waals surface area contributed by atoms with Crippen LogP contribution in [0.4, 0.5) is 8.78 Å². The standard InChI is InChI=1S/C8H7BrClF2NO.ClH/c9-3-1-4(6(13)8(11)12)7(14)5(10)2-3;/h1-2,6,8,14H,13H2;1H/t6-;/m1./s1. The van der Waals surface area contributed by atoms with Crippen LogP contribution in [0.5, 0.6) is 5.75 Å². The Bertz CT molecular complexity index is 352. The molecule has 0 aromatic heterocycles. The second-order valence-corrected chi connectivity index (χ2v) is 4.01. The van der Waals surface area contributed by atoms with Crippen LogP contribution in [0, 0.1) is 0 Å². The van der Waals surface area contributed by atoms with E-state index in [9.17, 15) is 13.9 Å². The summed E-state index contributed by atoms with van der Waals surface area (Å²) in [7, 11) is 0. The summed E-state index contributed by atoms with van der Waals surface area (Å²) in [6.07, 6.45) is -2.74. The van der Waals surface area contributed by atoms with Gasteiger partial charge in [0.1, 0.15) is 5.75 Å². The van der Waals surface area contributed by atoms with E-state index >= 15 is 0 Å². The molecule has 0 heterocycles. The highest BCUT2D eigenvalue weighted by atomic mass is 79.9. The lowest BCUT2D eigenvalue weighted by atomic mass is 10.1. The van der Waals surface area contributed by atoms with E-state index in [4.69, 9.17) is 17.3 Å². The third kappa shape index (κ3) is 3.45. The van der Waals surface area contributed by atoms with Crippen LogP contribution in [0.25, 0.3) is 0 Å². The zero-order valence-corrected chi connectivity index (χ0v) is 10.4. The first-order chi connectivity index (χ1) is 6.43. The number of phenols is 1. The van der Waals surface area contributed by atoms with Crippen LogP contribution in [0.2, 0.25) is 5.02 Å². The van der Waals surface area contributed by atoms with E-state index in [1.165, 1.54) is 12.1 Å². The summed E-state index contributed by atoms with van der Waals surface area (Å²) in [6.45, 7) is 0. The number of phenolic OH excluding ortho intramolecular Hbond substituents is 1. The number of hydrogen-bond acceptors (Lipinski definition) is 2. The topological polar surface area (TPSA) is 46.2 Å². The van der Waals surface area contributed by atoms with Gasteiger partial charge in [-0.1, -0.05) is 27.5 Å². The van der Waals surface area contributed by atoms with E-state index in [2.05, 4.69) is 15.9 Å².